The zero-order valence-corrected chi connectivity index (χ0v) is 12.3. The van der Waals surface area contributed by atoms with Crippen LogP contribution in [0.25, 0.3) is 11.4 Å². The van der Waals surface area contributed by atoms with Crippen LogP contribution >= 0.6 is 0 Å². The molecule has 1 saturated carbocycles. The highest BCUT2D eigenvalue weighted by atomic mass is 14.9. The molecule has 1 fully saturated rings. The molecule has 2 aromatic rings. The second-order valence-electron chi connectivity index (χ2n) is 5.99. The van der Waals surface area contributed by atoms with E-state index in [1.807, 2.05) is 24.5 Å². The van der Waals surface area contributed by atoms with Crippen molar-refractivity contribution in [1.29, 1.82) is 5.26 Å². The Morgan fingerprint density at radius 1 is 1.00 bits per heavy atom. The molecule has 3 rings (SSSR count). The lowest BCUT2D eigenvalue weighted by Gasteiger charge is -2.25. The van der Waals surface area contributed by atoms with E-state index in [1.54, 1.807) is 12.1 Å². The van der Waals surface area contributed by atoms with Crippen molar-refractivity contribution in [2.45, 2.75) is 38.5 Å². The summed E-state index contributed by atoms with van der Waals surface area (Å²) in [6.45, 7) is 2.33. The first-order valence-electron chi connectivity index (χ1n) is 7.58. The molecule has 106 valence electrons. The quantitative estimate of drug-likeness (QED) is 0.821. The van der Waals surface area contributed by atoms with E-state index in [0.29, 0.717) is 11.5 Å². The minimum Gasteiger partial charge on any atom is -0.236 e. The number of hydrogen-bond donors (Lipinski definition) is 0. The van der Waals surface area contributed by atoms with E-state index < -0.39 is 0 Å². The van der Waals surface area contributed by atoms with Crippen LogP contribution < -0.4 is 0 Å². The summed E-state index contributed by atoms with van der Waals surface area (Å²) < 4.78 is 0. The number of nitriles is 1. The van der Waals surface area contributed by atoms with Crippen LogP contribution in [0.15, 0.2) is 36.7 Å². The van der Waals surface area contributed by atoms with E-state index in [2.05, 4.69) is 23.0 Å². The lowest BCUT2D eigenvalue weighted by Crippen LogP contribution is -2.11. The summed E-state index contributed by atoms with van der Waals surface area (Å²) in [7, 11) is 0. The van der Waals surface area contributed by atoms with Gasteiger partial charge in [-0.2, -0.15) is 5.26 Å². The van der Waals surface area contributed by atoms with Gasteiger partial charge < -0.3 is 0 Å². The smallest absolute Gasteiger partial charge is 0.159 e. The third kappa shape index (κ3) is 3.11. The molecule has 21 heavy (non-hydrogen) atoms. The lowest BCUT2D eigenvalue weighted by atomic mass is 9.80. The van der Waals surface area contributed by atoms with Crippen LogP contribution in [0.3, 0.4) is 0 Å². The minimum absolute atomic E-state index is 0.621. The van der Waals surface area contributed by atoms with Gasteiger partial charge in [0.15, 0.2) is 5.82 Å². The van der Waals surface area contributed by atoms with Gasteiger partial charge in [0.25, 0.3) is 0 Å². The summed E-state index contributed by atoms with van der Waals surface area (Å²) in [5.74, 6) is 2.21. The van der Waals surface area contributed by atoms with Crippen molar-refractivity contribution in [2.24, 2.45) is 5.92 Å². The molecule has 0 radical (unpaired) electrons. The van der Waals surface area contributed by atoms with E-state index in [4.69, 9.17) is 5.26 Å². The summed E-state index contributed by atoms with van der Waals surface area (Å²) in [5.41, 5.74) is 2.88. The van der Waals surface area contributed by atoms with E-state index in [-0.39, 0.29) is 0 Å². The third-order valence-corrected chi connectivity index (χ3v) is 4.43. The van der Waals surface area contributed by atoms with Gasteiger partial charge >= 0.3 is 0 Å². The van der Waals surface area contributed by atoms with Crippen molar-refractivity contribution in [3.05, 3.63) is 47.8 Å². The predicted molar refractivity (Wildman–Crippen MR) is 82.6 cm³/mol. The largest absolute Gasteiger partial charge is 0.236 e. The Kier molecular flexibility index (Phi) is 3.96. The van der Waals surface area contributed by atoms with Gasteiger partial charge in [0.2, 0.25) is 0 Å². The third-order valence-electron chi connectivity index (χ3n) is 4.43. The number of benzene rings is 1. The highest BCUT2D eigenvalue weighted by Crippen LogP contribution is 2.35. The van der Waals surface area contributed by atoms with Crippen LogP contribution in [0.2, 0.25) is 0 Å². The van der Waals surface area contributed by atoms with Crippen molar-refractivity contribution < 1.29 is 0 Å². The lowest BCUT2D eigenvalue weighted by molar-refractivity contribution is 0.347. The fourth-order valence-corrected chi connectivity index (χ4v) is 2.99. The number of hydrogen-bond acceptors (Lipinski definition) is 3. The maximum absolute atomic E-state index is 8.82. The summed E-state index contributed by atoms with van der Waals surface area (Å²) in [6, 6.07) is 9.52. The van der Waals surface area contributed by atoms with Gasteiger partial charge in [-0.25, -0.2) is 9.97 Å². The predicted octanol–water partition coefficient (Wildman–Crippen LogP) is 4.31. The molecular formula is C18H19N3. The Bertz CT molecular complexity index is 630. The number of aromatic nitrogens is 2. The maximum atomic E-state index is 8.82. The van der Waals surface area contributed by atoms with E-state index in [1.165, 1.54) is 31.2 Å². The first kappa shape index (κ1) is 13.8. The molecule has 0 saturated heterocycles. The van der Waals surface area contributed by atoms with Gasteiger partial charge in [0.1, 0.15) is 0 Å². The van der Waals surface area contributed by atoms with Gasteiger partial charge in [0.05, 0.1) is 11.6 Å². The fraction of sp³-hybridized carbons (Fsp3) is 0.389. The normalized spacial score (nSPS) is 21.7. The molecule has 0 N–H and O–H groups in total. The summed E-state index contributed by atoms with van der Waals surface area (Å²) in [6.07, 6.45) is 9.06. The van der Waals surface area contributed by atoms with E-state index >= 15 is 0 Å². The van der Waals surface area contributed by atoms with Crippen LogP contribution in [-0.4, -0.2) is 9.97 Å². The molecule has 1 heterocycles. The van der Waals surface area contributed by atoms with E-state index in [0.717, 1.165) is 17.3 Å². The SMILES string of the molecule is C[C@H]1CC[C@H](c2cnc(-c3ccc(C#N)cc3)nc2)CC1. The van der Waals surface area contributed by atoms with Gasteiger partial charge in [-0.15, -0.1) is 0 Å². The van der Waals surface area contributed by atoms with Crippen molar-refractivity contribution >= 4 is 0 Å². The molecule has 1 aliphatic carbocycles. The van der Waals surface area contributed by atoms with Crippen LogP contribution in [0, 0.1) is 17.2 Å². The Balaban J connectivity index is 1.75. The first-order chi connectivity index (χ1) is 10.3. The molecule has 0 bridgehead atoms. The second kappa shape index (κ2) is 6.05. The highest BCUT2D eigenvalue weighted by molar-refractivity contribution is 5.56. The molecule has 3 heteroatoms. The number of nitrogens with zero attached hydrogens (tertiary/aromatic N) is 3. The van der Waals surface area contributed by atoms with Crippen LogP contribution in [0.4, 0.5) is 0 Å². The standard InChI is InChI=1S/C18H19N3/c1-13-2-6-15(7-3-13)17-11-20-18(21-12-17)16-8-4-14(10-19)5-9-16/h4-5,8-9,11-13,15H,2-3,6-7H2,1H3/t13-,15-. The number of rotatable bonds is 2. The summed E-state index contributed by atoms with van der Waals surface area (Å²) >= 11 is 0. The van der Waals surface area contributed by atoms with Crippen LogP contribution in [-0.2, 0) is 0 Å². The zero-order valence-electron chi connectivity index (χ0n) is 12.3. The van der Waals surface area contributed by atoms with Gasteiger partial charge in [0, 0.05) is 18.0 Å². The molecule has 0 aliphatic heterocycles. The van der Waals surface area contributed by atoms with Crippen molar-refractivity contribution in [2.75, 3.05) is 0 Å². The molecule has 1 aliphatic rings. The second-order valence-corrected chi connectivity index (χ2v) is 5.99. The molecule has 0 amide bonds. The molecule has 0 atom stereocenters. The molecule has 0 spiro atoms. The Labute approximate surface area is 125 Å². The van der Waals surface area contributed by atoms with Crippen LogP contribution in [0.1, 0.15) is 49.7 Å². The maximum Gasteiger partial charge on any atom is 0.159 e. The van der Waals surface area contributed by atoms with Crippen LogP contribution in [0.5, 0.6) is 0 Å². The molecular weight excluding hydrogens is 258 g/mol. The van der Waals surface area contributed by atoms with Gasteiger partial charge in [-0.05, 0) is 54.5 Å². The van der Waals surface area contributed by atoms with Crippen molar-refractivity contribution in [3.8, 4) is 17.5 Å². The van der Waals surface area contributed by atoms with Crippen molar-refractivity contribution in [3.63, 3.8) is 0 Å². The van der Waals surface area contributed by atoms with Gasteiger partial charge in [-0.3, -0.25) is 0 Å². The monoisotopic (exact) mass is 277 g/mol. The first-order valence-corrected chi connectivity index (χ1v) is 7.58. The molecule has 1 aromatic carbocycles. The highest BCUT2D eigenvalue weighted by Gasteiger charge is 2.20. The average Bonchev–Trinajstić information content (AvgIpc) is 2.56. The minimum atomic E-state index is 0.621. The fourth-order valence-electron chi connectivity index (χ4n) is 2.99. The van der Waals surface area contributed by atoms with E-state index in [9.17, 15) is 0 Å². The van der Waals surface area contributed by atoms with Gasteiger partial charge in [-0.1, -0.05) is 19.8 Å². The topological polar surface area (TPSA) is 49.6 Å². The molecule has 0 unspecified atom stereocenters. The Hall–Kier alpha value is -2.21. The van der Waals surface area contributed by atoms with Crippen molar-refractivity contribution in [1.82, 2.24) is 9.97 Å². The Morgan fingerprint density at radius 3 is 2.19 bits per heavy atom. The molecule has 3 nitrogen and oxygen atoms in total. The summed E-state index contributed by atoms with van der Waals surface area (Å²) in [5, 5.41) is 8.82. The Morgan fingerprint density at radius 2 is 1.62 bits per heavy atom. The molecule has 1 aromatic heterocycles. The summed E-state index contributed by atoms with van der Waals surface area (Å²) in [4.78, 5) is 9.01. The average molecular weight is 277 g/mol. The zero-order chi connectivity index (χ0) is 14.7.